The maximum absolute atomic E-state index is 12.7. The number of nitrogens with zero attached hydrogens (tertiary/aromatic N) is 2. The van der Waals surface area contributed by atoms with E-state index < -0.39 is 11.7 Å². The number of hydrogen-bond donors (Lipinski definition) is 2. The minimum Gasteiger partial charge on any atom is -0.276 e. The number of aromatic nitrogens is 2. The standard InChI is InChI=1S/C14H15FN4O2/c1-19-9-10(8-16-19)2-7-13(20)17-18-14(21)11-3-5-12(15)6-4-11/h3-6,8-9H,2,7H2,1H3,(H,17,20)(H,18,21). The number of carbonyl (C=O) groups is 2. The van der Waals surface area contributed by atoms with Crippen LogP contribution in [0.2, 0.25) is 0 Å². The first-order chi connectivity index (χ1) is 10.0. The lowest BCUT2D eigenvalue weighted by molar-refractivity contribution is -0.121. The number of nitrogens with one attached hydrogen (secondary N) is 2. The molecule has 0 aliphatic carbocycles. The first kappa shape index (κ1) is 14.7. The van der Waals surface area contributed by atoms with Crippen LogP contribution in [0, 0.1) is 5.82 Å². The molecule has 1 aromatic heterocycles. The van der Waals surface area contributed by atoms with Gasteiger partial charge in [0.15, 0.2) is 0 Å². The molecule has 2 rings (SSSR count). The number of carbonyl (C=O) groups excluding carboxylic acids is 2. The minimum absolute atomic E-state index is 0.232. The lowest BCUT2D eigenvalue weighted by Crippen LogP contribution is -2.41. The second-order valence-electron chi connectivity index (χ2n) is 4.53. The van der Waals surface area contributed by atoms with E-state index in [2.05, 4.69) is 16.0 Å². The van der Waals surface area contributed by atoms with Gasteiger partial charge in [-0.15, -0.1) is 0 Å². The van der Waals surface area contributed by atoms with E-state index >= 15 is 0 Å². The monoisotopic (exact) mass is 290 g/mol. The fourth-order valence-corrected chi connectivity index (χ4v) is 1.72. The molecule has 0 aliphatic heterocycles. The van der Waals surface area contributed by atoms with Gasteiger partial charge in [-0.25, -0.2) is 4.39 Å². The van der Waals surface area contributed by atoms with Gasteiger partial charge in [-0.3, -0.25) is 25.1 Å². The Morgan fingerprint density at radius 1 is 1.24 bits per heavy atom. The lowest BCUT2D eigenvalue weighted by Gasteiger charge is -2.07. The molecule has 6 nitrogen and oxygen atoms in total. The second kappa shape index (κ2) is 6.65. The molecule has 2 amide bonds. The number of aryl methyl sites for hydroxylation is 2. The van der Waals surface area contributed by atoms with Crippen molar-refractivity contribution in [3.05, 3.63) is 53.6 Å². The van der Waals surface area contributed by atoms with Crippen LogP contribution in [0.15, 0.2) is 36.7 Å². The molecule has 7 heteroatoms. The van der Waals surface area contributed by atoms with Gasteiger partial charge in [0.05, 0.1) is 6.20 Å². The van der Waals surface area contributed by atoms with Gasteiger partial charge < -0.3 is 0 Å². The maximum Gasteiger partial charge on any atom is 0.269 e. The molecular weight excluding hydrogens is 275 g/mol. The lowest BCUT2D eigenvalue weighted by atomic mass is 10.2. The third-order valence-electron chi connectivity index (χ3n) is 2.82. The highest BCUT2D eigenvalue weighted by Crippen LogP contribution is 2.02. The molecule has 0 bridgehead atoms. The summed E-state index contributed by atoms with van der Waals surface area (Å²) in [5.41, 5.74) is 5.80. The van der Waals surface area contributed by atoms with Gasteiger partial charge in [-0.1, -0.05) is 0 Å². The number of hydrazine groups is 1. The van der Waals surface area contributed by atoms with Gasteiger partial charge in [0, 0.05) is 25.2 Å². The average Bonchev–Trinajstić information content (AvgIpc) is 2.89. The number of amides is 2. The molecule has 1 heterocycles. The van der Waals surface area contributed by atoms with E-state index in [0.717, 1.165) is 5.56 Å². The van der Waals surface area contributed by atoms with Crippen molar-refractivity contribution in [3.8, 4) is 0 Å². The number of halogens is 1. The Labute approximate surface area is 120 Å². The van der Waals surface area contributed by atoms with Crippen molar-refractivity contribution in [1.82, 2.24) is 20.6 Å². The Morgan fingerprint density at radius 3 is 2.57 bits per heavy atom. The van der Waals surface area contributed by atoms with E-state index in [4.69, 9.17) is 0 Å². The summed E-state index contributed by atoms with van der Waals surface area (Å²) in [6, 6.07) is 5.04. The van der Waals surface area contributed by atoms with Crippen molar-refractivity contribution in [2.24, 2.45) is 7.05 Å². The Morgan fingerprint density at radius 2 is 1.95 bits per heavy atom. The number of hydrogen-bond acceptors (Lipinski definition) is 3. The Bertz CT molecular complexity index is 637. The minimum atomic E-state index is -0.496. The average molecular weight is 290 g/mol. The molecule has 2 N–H and O–H groups in total. The number of rotatable bonds is 4. The van der Waals surface area contributed by atoms with E-state index in [9.17, 15) is 14.0 Å². The van der Waals surface area contributed by atoms with Crippen molar-refractivity contribution in [3.63, 3.8) is 0 Å². The van der Waals surface area contributed by atoms with E-state index in [1.165, 1.54) is 24.3 Å². The summed E-state index contributed by atoms with van der Waals surface area (Å²) in [5.74, 6) is -1.23. The molecule has 110 valence electrons. The highest BCUT2D eigenvalue weighted by atomic mass is 19.1. The zero-order valence-electron chi connectivity index (χ0n) is 11.5. The fourth-order valence-electron chi connectivity index (χ4n) is 1.72. The van der Waals surface area contributed by atoms with Crippen molar-refractivity contribution < 1.29 is 14.0 Å². The van der Waals surface area contributed by atoms with E-state index in [1.807, 2.05) is 6.20 Å². The smallest absolute Gasteiger partial charge is 0.269 e. The van der Waals surface area contributed by atoms with Crippen LogP contribution >= 0.6 is 0 Å². The summed E-state index contributed by atoms with van der Waals surface area (Å²) < 4.78 is 14.4. The zero-order chi connectivity index (χ0) is 15.2. The molecule has 0 atom stereocenters. The van der Waals surface area contributed by atoms with Crippen LogP contribution in [0.1, 0.15) is 22.3 Å². The summed E-state index contributed by atoms with van der Waals surface area (Å²) in [6.45, 7) is 0. The summed E-state index contributed by atoms with van der Waals surface area (Å²) >= 11 is 0. The van der Waals surface area contributed by atoms with Crippen molar-refractivity contribution in [1.29, 1.82) is 0 Å². The van der Waals surface area contributed by atoms with E-state index in [1.54, 1.807) is 17.9 Å². The molecule has 1 aromatic carbocycles. The second-order valence-corrected chi connectivity index (χ2v) is 4.53. The van der Waals surface area contributed by atoms with Crippen LogP contribution < -0.4 is 10.9 Å². The molecule has 0 fully saturated rings. The van der Waals surface area contributed by atoms with Gasteiger partial charge in [-0.2, -0.15) is 5.10 Å². The molecule has 0 radical (unpaired) electrons. The topological polar surface area (TPSA) is 76.0 Å². The van der Waals surface area contributed by atoms with Gasteiger partial charge in [0.2, 0.25) is 5.91 Å². The normalized spacial score (nSPS) is 10.2. The highest BCUT2D eigenvalue weighted by molar-refractivity contribution is 5.95. The Balaban J connectivity index is 1.75. The van der Waals surface area contributed by atoms with Crippen molar-refractivity contribution in [2.45, 2.75) is 12.8 Å². The summed E-state index contributed by atoms with van der Waals surface area (Å²) in [4.78, 5) is 23.3. The zero-order valence-corrected chi connectivity index (χ0v) is 11.5. The number of benzene rings is 1. The molecule has 21 heavy (non-hydrogen) atoms. The van der Waals surface area contributed by atoms with Crippen molar-refractivity contribution in [2.75, 3.05) is 0 Å². The maximum atomic E-state index is 12.7. The third kappa shape index (κ3) is 4.41. The highest BCUT2D eigenvalue weighted by Gasteiger charge is 2.08. The van der Waals surface area contributed by atoms with Crippen LogP contribution in [0.4, 0.5) is 4.39 Å². The summed E-state index contributed by atoms with van der Waals surface area (Å²) in [5, 5.41) is 4.00. The predicted octanol–water partition coefficient (Wildman–Crippen LogP) is 0.953. The van der Waals surface area contributed by atoms with Crippen molar-refractivity contribution >= 4 is 11.8 Å². The molecule has 0 aliphatic rings. The van der Waals surface area contributed by atoms with E-state index in [0.29, 0.717) is 6.42 Å². The SMILES string of the molecule is Cn1cc(CCC(=O)NNC(=O)c2ccc(F)cc2)cn1. The predicted molar refractivity (Wildman–Crippen MR) is 73.5 cm³/mol. The molecular formula is C14H15FN4O2. The quantitative estimate of drug-likeness (QED) is 0.823. The first-order valence-electron chi connectivity index (χ1n) is 6.37. The van der Waals surface area contributed by atoms with Crippen LogP contribution in [0.3, 0.4) is 0 Å². The molecule has 0 unspecified atom stereocenters. The Kier molecular flexibility index (Phi) is 4.65. The molecule has 0 spiro atoms. The Hall–Kier alpha value is -2.70. The van der Waals surface area contributed by atoms with Crippen LogP contribution in [0.25, 0.3) is 0 Å². The largest absolute Gasteiger partial charge is 0.276 e. The first-order valence-corrected chi connectivity index (χ1v) is 6.37. The fraction of sp³-hybridized carbons (Fsp3) is 0.214. The van der Waals surface area contributed by atoms with Crippen LogP contribution in [-0.4, -0.2) is 21.6 Å². The molecule has 2 aromatic rings. The van der Waals surface area contributed by atoms with Gasteiger partial charge in [-0.05, 0) is 36.2 Å². The van der Waals surface area contributed by atoms with E-state index in [-0.39, 0.29) is 17.9 Å². The molecule has 0 saturated carbocycles. The van der Waals surface area contributed by atoms with Crippen LogP contribution in [-0.2, 0) is 18.3 Å². The molecule has 0 saturated heterocycles. The van der Waals surface area contributed by atoms with Crippen LogP contribution in [0.5, 0.6) is 0 Å². The van der Waals surface area contributed by atoms with Gasteiger partial charge >= 0.3 is 0 Å². The summed E-state index contributed by atoms with van der Waals surface area (Å²) in [7, 11) is 1.80. The summed E-state index contributed by atoms with van der Waals surface area (Å²) in [6.07, 6.45) is 4.27. The van der Waals surface area contributed by atoms with Gasteiger partial charge in [0.25, 0.3) is 5.91 Å². The van der Waals surface area contributed by atoms with Gasteiger partial charge in [0.1, 0.15) is 5.82 Å². The third-order valence-corrected chi connectivity index (χ3v) is 2.82.